The second kappa shape index (κ2) is 7.20. The quantitative estimate of drug-likeness (QED) is 0.883. The Balaban J connectivity index is 2.89. The Labute approximate surface area is 126 Å². The molecule has 1 aromatic rings. The SMILES string of the molecule is CCOc1cc(NC(=O)OC(C)(C)C)cc(OC(C)C)c1. The van der Waals surface area contributed by atoms with Crippen molar-refractivity contribution in [2.45, 2.75) is 53.2 Å². The van der Waals surface area contributed by atoms with Crippen LogP contribution in [0.4, 0.5) is 10.5 Å². The lowest BCUT2D eigenvalue weighted by molar-refractivity contribution is 0.0636. The van der Waals surface area contributed by atoms with E-state index in [0.717, 1.165) is 0 Å². The van der Waals surface area contributed by atoms with Gasteiger partial charge in [-0.15, -0.1) is 0 Å². The number of rotatable bonds is 5. The van der Waals surface area contributed by atoms with E-state index in [9.17, 15) is 4.79 Å². The normalized spacial score (nSPS) is 11.2. The summed E-state index contributed by atoms with van der Waals surface area (Å²) in [5.74, 6) is 1.28. The summed E-state index contributed by atoms with van der Waals surface area (Å²) < 4.78 is 16.4. The molecule has 0 aliphatic carbocycles. The molecule has 0 heterocycles. The van der Waals surface area contributed by atoms with E-state index in [1.807, 2.05) is 41.5 Å². The van der Waals surface area contributed by atoms with Gasteiger partial charge in [-0.05, 0) is 41.5 Å². The molecular weight excluding hydrogens is 270 g/mol. The number of amides is 1. The molecule has 0 fully saturated rings. The van der Waals surface area contributed by atoms with Gasteiger partial charge in [-0.1, -0.05) is 0 Å². The minimum atomic E-state index is -0.543. The molecule has 0 aromatic heterocycles. The van der Waals surface area contributed by atoms with E-state index in [-0.39, 0.29) is 6.10 Å². The fourth-order valence-corrected chi connectivity index (χ4v) is 1.66. The highest BCUT2D eigenvalue weighted by molar-refractivity contribution is 5.85. The first kappa shape index (κ1) is 17.1. The van der Waals surface area contributed by atoms with Crippen LogP contribution in [0.5, 0.6) is 11.5 Å². The fraction of sp³-hybridized carbons (Fsp3) is 0.562. The summed E-state index contributed by atoms with van der Waals surface area (Å²) in [7, 11) is 0. The van der Waals surface area contributed by atoms with Gasteiger partial charge in [-0.2, -0.15) is 0 Å². The third kappa shape index (κ3) is 6.88. The molecule has 0 bridgehead atoms. The Hall–Kier alpha value is -1.91. The van der Waals surface area contributed by atoms with E-state index in [1.54, 1.807) is 18.2 Å². The zero-order valence-electron chi connectivity index (χ0n) is 13.6. The number of hydrogen-bond donors (Lipinski definition) is 1. The zero-order chi connectivity index (χ0) is 16.0. The first-order chi connectivity index (χ1) is 9.69. The molecule has 0 aliphatic heterocycles. The van der Waals surface area contributed by atoms with Crippen LogP contribution in [-0.2, 0) is 4.74 Å². The predicted molar refractivity (Wildman–Crippen MR) is 83.2 cm³/mol. The van der Waals surface area contributed by atoms with Crippen molar-refractivity contribution in [2.75, 3.05) is 11.9 Å². The number of benzene rings is 1. The van der Waals surface area contributed by atoms with E-state index in [2.05, 4.69) is 5.32 Å². The van der Waals surface area contributed by atoms with Gasteiger partial charge in [0.25, 0.3) is 0 Å². The van der Waals surface area contributed by atoms with Crippen LogP contribution in [0.25, 0.3) is 0 Å². The highest BCUT2D eigenvalue weighted by Crippen LogP contribution is 2.27. The fourth-order valence-electron chi connectivity index (χ4n) is 1.66. The number of anilines is 1. The van der Waals surface area contributed by atoms with E-state index >= 15 is 0 Å². The van der Waals surface area contributed by atoms with Crippen molar-refractivity contribution < 1.29 is 19.0 Å². The molecule has 0 radical (unpaired) electrons. The maximum Gasteiger partial charge on any atom is 0.412 e. The Kier molecular flexibility index (Phi) is 5.88. The van der Waals surface area contributed by atoms with Crippen LogP contribution in [0, 0.1) is 0 Å². The minimum absolute atomic E-state index is 0.0382. The molecule has 5 nitrogen and oxygen atoms in total. The molecule has 0 unspecified atom stereocenters. The van der Waals surface area contributed by atoms with Crippen molar-refractivity contribution in [3.63, 3.8) is 0 Å². The monoisotopic (exact) mass is 295 g/mol. The lowest BCUT2D eigenvalue weighted by Gasteiger charge is -2.20. The highest BCUT2D eigenvalue weighted by Gasteiger charge is 2.17. The van der Waals surface area contributed by atoms with E-state index in [0.29, 0.717) is 23.8 Å². The second-order valence-corrected chi connectivity index (χ2v) is 5.92. The molecule has 5 heteroatoms. The summed E-state index contributed by atoms with van der Waals surface area (Å²) in [6, 6.07) is 5.27. The van der Waals surface area contributed by atoms with Crippen molar-refractivity contribution in [3.05, 3.63) is 18.2 Å². The lowest BCUT2D eigenvalue weighted by atomic mass is 10.2. The van der Waals surface area contributed by atoms with Crippen LogP contribution >= 0.6 is 0 Å². The van der Waals surface area contributed by atoms with Gasteiger partial charge in [0.15, 0.2) is 0 Å². The van der Waals surface area contributed by atoms with Crippen molar-refractivity contribution in [1.29, 1.82) is 0 Å². The van der Waals surface area contributed by atoms with Gasteiger partial charge in [0, 0.05) is 18.2 Å². The van der Waals surface area contributed by atoms with Gasteiger partial charge < -0.3 is 14.2 Å². The van der Waals surface area contributed by atoms with Crippen LogP contribution in [0.2, 0.25) is 0 Å². The van der Waals surface area contributed by atoms with E-state index in [1.165, 1.54) is 0 Å². The topological polar surface area (TPSA) is 56.8 Å². The molecule has 0 saturated carbocycles. The second-order valence-electron chi connectivity index (χ2n) is 5.92. The van der Waals surface area contributed by atoms with Gasteiger partial charge in [0.2, 0.25) is 0 Å². The van der Waals surface area contributed by atoms with Gasteiger partial charge >= 0.3 is 6.09 Å². The summed E-state index contributed by atoms with van der Waals surface area (Å²) in [4.78, 5) is 11.8. The van der Waals surface area contributed by atoms with Crippen LogP contribution in [-0.4, -0.2) is 24.4 Å². The van der Waals surface area contributed by atoms with E-state index < -0.39 is 11.7 Å². The zero-order valence-corrected chi connectivity index (χ0v) is 13.6. The van der Waals surface area contributed by atoms with Crippen molar-refractivity contribution in [1.82, 2.24) is 0 Å². The average Bonchev–Trinajstić information content (AvgIpc) is 2.24. The largest absolute Gasteiger partial charge is 0.494 e. The Morgan fingerprint density at radius 1 is 1.19 bits per heavy atom. The molecule has 118 valence electrons. The molecule has 0 saturated heterocycles. The number of carbonyl (C=O) groups excluding carboxylic acids is 1. The molecule has 1 rings (SSSR count). The van der Waals surface area contributed by atoms with Gasteiger partial charge in [0.1, 0.15) is 17.1 Å². The summed E-state index contributed by atoms with van der Waals surface area (Å²) in [6.45, 7) is 11.8. The Morgan fingerprint density at radius 2 is 1.81 bits per heavy atom. The maximum absolute atomic E-state index is 11.8. The summed E-state index contributed by atoms with van der Waals surface area (Å²) >= 11 is 0. The Morgan fingerprint density at radius 3 is 2.33 bits per heavy atom. The summed E-state index contributed by atoms with van der Waals surface area (Å²) in [5, 5.41) is 2.69. The van der Waals surface area contributed by atoms with Crippen LogP contribution < -0.4 is 14.8 Å². The minimum Gasteiger partial charge on any atom is -0.494 e. The molecule has 21 heavy (non-hydrogen) atoms. The van der Waals surface area contributed by atoms with Crippen molar-refractivity contribution in [3.8, 4) is 11.5 Å². The molecule has 0 atom stereocenters. The standard InChI is InChI=1S/C16H25NO4/c1-7-19-13-8-12(9-14(10-13)20-11(2)3)17-15(18)21-16(4,5)6/h8-11H,7H2,1-6H3,(H,17,18). The summed E-state index contributed by atoms with van der Waals surface area (Å²) in [5.41, 5.74) is 0.0321. The molecule has 1 N–H and O–H groups in total. The van der Waals surface area contributed by atoms with Crippen LogP contribution in [0.3, 0.4) is 0 Å². The van der Waals surface area contributed by atoms with Gasteiger partial charge in [0.05, 0.1) is 18.4 Å². The van der Waals surface area contributed by atoms with Gasteiger partial charge in [-0.3, -0.25) is 5.32 Å². The van der Waals surface area contributed by atoms with Crippen molar-refractivity contribution in [2.24, 2.45) is 0 Å². The first-order valence-corrected chi connectivity index (χ1v) is 7.14. The van der Waals surface area contributed by atoms with Crippen LogP contribution in [0.15, 0.2) is 18.2 Å². The van der Waals surface area contributed by atoms with Crippen LogP contribution in [0.1, 0.15) is 41.5 Å². The lowest BCUT2D eigenvalue weighted by Crippen LogP contribution is -2.27. The molecule has 0 aliphatic rings. The molecule has 1 amide bonds. The molecular formula is C16H25NO4. The molecule has 0 spiro atoms. The third-order valence-electron chi connectivity index (χ3n) is 2.21. The number of nitrogens with one attached hydrogen (secondary N) is 1. The summed E-state index contributed by atoms with van der Waals surface area (Å²) in [6.07, 6.45) is -0.470. The average molecular weight is 295 g/mol. The first-order valence-electron chi connectivity index (χ1n) is 7.14. The predicted octanol–water partition coefficient (Wildman–Crippen LogP) is 4.22. The highest BCUT2D eigenvalue weighted by atomic mass is 16.6. The molecule has 1 aromatic carbocycles. The van der Waals surface area contributed by atoms with E-state index in [4.69, 9.17) is 14.2 Å². The van der Waals surface area contributed by atoms with Crippen molar-refractivity contribution >= 4 is 11.8 Å². The number of ether oxygens (including phenoxy) is 3. The van der Waals surface area contributed by atoms with Gasteiger partial charge in [-0.25, -0.2) is 4.79 Å². The smallest absolute Gasteiger partial charge is 0.412 e. The number of hydrogen-bond acceptors (Lipinski definition) is 4. The third-order valence-corrected chi connectivity index (χ3v) is 2.21. The number of carbonyl (C=O) groups is 1. The Bertz CT molecular complexity index is 478. The maximum atomic E-state index is 11.8.